The minimum Gasteiger partial charge on any atom is -0.487 e. The molecule has 0 radical (unpaired) electrons. The summed E-state index contributed by atoms with van der Waals surface area (Å²) < 4.78 is 5.40. The molecule has 1 aromatic carbocycles. The number of nitro groups is 1. The maximum absolute atomic E-state index is 11.0. The average molecular weight is 294 g/mol. The van der Waals surface area contributed by atoms with E-state index in [1.165, 1.54) is 6.07 Å². The van der Waals surface area contributed by atoms with Crippen LogP contribution in [0.15, 0.2) is 18.2 Å². The largest absolute Gasteiger partial charge is 0.487 e. The summed E-state index contributed by atoms with van der Waals surface area (Å²) in [4.78, 5) is 12.7. The van der Waals surface area contributed by atoms with Gasteiger partial charge in [0, 0.05) is 24.4 Å². The summed E-state index contributed by atoms with van der Waals surface area (Å²) in [6.07, 6.45) is 4.26. The predicted molar refractivity (Wildman–Crippen MR) is 81.0 cm³/mol. The number of benzene rings is 1. The van der Waals surface area contributed by atoms with E-state index in [1.807, 2.05) is 0 Å². The fourth-order valence-electron chi connectivity index (χ4n) is 2.81. The quantitative estimate of drug-likeness (QED) is 0.667. The van der Waals surface area contributed by atoms with Gasteiger partial charge in [-0.1, -0.05) is 12.8 Å². The van der Waals surface area contributed by atoms with Crippen molar-refractivity contribution in [2.24, 2.45) is 0 Å². The number of aliphatic hydroxyl groups is 1. The summed E-state index contributed by atoms with van der Waals surface area (Å²) in [5.41, 5.74) is 0.862. The van der Waals surface area contributed by atoms with Crippen LogP contribution < -0.4 is 9.64 Å². The maximum Gasteiger partial charge on any atom is 0.311 e. The molecule has 1 aliphatic rings. The highest BCUT2D eigenvalue weighted by Crippen LogP contribution is 2.33. The molecule has 1 heterocycles. The molecule has 0 bridgehead atoms. The molecule has 1 atom stereocenters. The van der Waals surface area contributed by atoms with Gasteiger partial charge in [0.25, 0.3) is 0 Å². The molecule has 0 spiro atoms. The number of hydrogen-bond donors (Lipinski definition) is 1. The molecule has 6 nitrogen and oxygen atoms in total. The zero-order valence-electron chi connectivity index (χ0n) is 12.3. The van der Waals surface area contributed by atoms with E-state index in [4.69, 9.17) is 4.74 Å². The molecule has 2 rings (SSSR count). The Morgan fingerprint density at radius 1 is 1.43 bits per heavy atom. The Balaban J connectivity index is 2.33. The van der Waals surface area contributed by atoms with Gasteiger partial charge >= 0.3 is 5.69 Å². The van der Waals surface area contributed by atoms with Gasteiger partial charge < -0.3 is 14.7 Å². The van der Waals surface area contributed by atoms with Crippen LogP contribution in [0.5, 0.6) is 5.75 Å². The van der Waals surface area contributed by atoms with Crippen LogP contribution in [0.1, 0.15) is 32.6 Å². The molecule has 1 unspecified atom stereocenters. The lowest BCUT2D eigenvalue weighted by atomic mass is 10.1. The molecule has 1 fully saturated rings. The van der Waals surface area contributed by atoms with Gasteiger partial charge in [-0.15, -0.1) is 0 Å². The highest BCUT2D eigenvalue weighted by molar-refractivity contribution is 5.59. The summed E-state index contributed by atoms with van der Waals surface area (Å²) in [6.45, 7) is 3.14. The van der Waals surface area contributed by atoms with Gasteiger partial charge in [-0.2, -0.15) is 0 Å². The minimum absolute atomic E-state index is 0.0176. The molecule has 116 valence electrons. The van der Waals surface area contributed by atoms with Crippen molar-refractivity contribution in [1.82, 2.24) is 0 Å². The summed E-state index contributed by atoms with van der Waals surface area (Å²) in [7, 11) is 0. The molecular formula is C15H22N2O4. The number of hydrogen-bond acceptors (Lipinski definition) is 5. The van der Waals surface area contributed by atoms with Crippen LogP contribution in [0.3, 0.4) is 0 Å². The zero-order valence-corrected chi connectivity index (χ0v) is 12.3. The lowest BCUT2D eigenvalue weighted by Crippen LogP contribution is -2.37. The van der Waals surface area contributed by atoms with Crippen LogP contribution in [0.2, 0.25) is 0 Å². The fourth-order valence-corrected chi connectivity index (χ4v) is 2.81. The van der Waals surface area contributed by atoms with Gasteiger partial charge in [-0.05, 0) is 25.8 Å². The second-order valence-corrected chi connectivity index (χ2v) is 5.22. The van der Waals surface area contributed by atoms with Crippen LogP contribution in [0.25, 0.3) is 0 Å². The van der Waals surface area contributed by atoms with E-state index in [-0.39, 0.29) is 18.3 Å². The first kappa shape index (κ1) is 15.6. The van der Waals surface area contributed by atoms with Gasteiger partial charge in [-0.3, -0.25) is 10.1 Å². The molecule has 0 amide bonds. The molecule has 6 heteroatoms. The SMILES string of the molecule is CCOc1cc(N2CCCCCC2CO)ccc1[N+](=O)[O-]. The monoisotopic (exact) mass is 294 g/mol. The molecule has 1 aliphatic heterocycles. The Labute approximate surface area is 124 Å². The molecule has 0 aliphatic carbocycles. The number of anilines is 1. The summed E-state index contributed by atoms with van der Waals surface area (Å²) in [6, 6.07) is 5.02. The Kier molecular flexibility index (Phi) is 5.38. The second-order valence-electron chi connectivity index (χ2n) is 5.22. The van der Waals surface area contributed by atoms with Crippen LogP contribution in [-0.4, -0.2) is 35.8 Å². The van der Waals surface area contributed by atoms with E-state index in [0.29, 0.717) is 12.4 Å². The number of nitrogens with zero attached hydrogens (tertiary/aromatic N) is 2. The predicted octanol–water partition coefficient (Wildman–Crippen LogP) is 2.73. The van der Waals surface area contributed by atoms with Crippen LogP contribution in [-0.2, 0) is 0 Å². The molecule has 1 N–H and O–H groups in total. The van der Waals surface area contributed by atoms with E-state index >= 15 is 0 Å². The lowest BCUT2D eigenvalue weighted by Gasteiger charge is -2.31. The van der Waals surface area contributed by atoms with E-state index < -0.39 is 4.92 Å². The number of rotatable bonds is 5. The Hall–Kier alpha value is -1.82. The lowest BCUT2D eigenvalue weighted by molar-refractivity contribution is -0.385. The van der Waals surface area contributed by atoms with E-state index in [9.17, 15) is 15.2 Å². The maximum atomic E-state index is 11.0. The first-order chi connectivity index (χ1) is 10.2. The van der Waals surface area contributed by atoms with Gasteiger partial charge in [0.05, 0.1) is 24.2 Å². The van der Waals surface area contributed by atoms with Crippen LogP contribution in [0, 0.1) is 10.1 Å². The van der Waals surface area contributed by atoms with Crippen molar-refractivity contribution in [3.05, 3.63) is 28.3 Å². The third-order valence-corrected chi connectivity index (χ3v) is 3.86. The zero-order chi connectivity index (χ0) is 15.2. The molecule has 0 saturated carbocycles. The highest BCUT2D eigenvalue weighted by Gasteiger charge is 2.23. The molecule has 1 saturated heterocycles. The Bertz CT molecular complexity index is 493. The third kappa shape index (κ3) is 3.64. The van der Waals surface area contributed by atoms with E-state index in [2.05, 4.69) is 4.90 Å². The van der Waals surface area contributed by atoms with Crippen molar-refractivity contribution in [1.29, 1.82) is 0 Å². The second kappa shape index (κ2) is 7.26. The first-order valence-electron chi connectivity index (χ1n) is 7.46. The summed E-state index contributed by atoms with van der Waals surface area (Å²) in [5.74, 6) is 0.293. The standard InChI is InChI=1S/C15H22N2O4/c1-2-21-15-10-12(7-8-14(15)17(19)20)16-9-5-3-4-6-13(16)11-18/h7-8,10,13,18H,2-6,9,11H2,1H3. The van der Waals surface area contributed by atoms with E-state index in [1.54, 1.807) is 19.1 Å². The summed E-state index contributed by atoms with van der Waals surface area (Å²) in [5, 5.41) is 20.6. The Morgan fingerprint density at radius 3 is 2.90 bits per heavy atom. The van der Waals surface area contributed by atoms with Crippen molar-refractivity contribution >= 4 is 11.4 Å². The number of ether oxygens (including phenoxy) is 1. The average Bonchev–Trinajstić information content (AvgIpc) is 2.72. The van der Waals surface area contributed by atoms with Crippen LogP contribution >= 0.6 is 0 Å². The van der Waals surface area contributed by atoms with Crippen molar-refractivity contribution < 1.29 is 14.8 Å². The van der Waals surface area contributed by atoms with Gasteiger partial charge in [0.2, 0.25) is 0 Å². The van der Waals surface area contributed by atoms with Crippen molar-refractivity contribution in [2.75, 3.05) is 24.7 Å². The van der Waals surface area contributed by atoms with E-state index in [0.717, 1.165) is 37.9 Å². The smallest absolute Gasteiger partial charge is 0.311 e. The minimum atomic E-state index is -0.430. The molecular weight excluding hydrogens is 272 g/mol. The fraction of sp³-hybridized carbons (Fsp3) is 0.600. The summed E-state index contributed by atoms with van der Waals surface area (Å²) >= 11 is 0. The first-order valence-corrected chi connectivity index (χ1v) is 7.46. The topological polar surface area (TPSA) is 75.8 Å². The van der Waals surface area contributed by atoms with Crippen molar-refractivity contribution in [2.45, 2.75) is 38.6 Å². The van der Waals surface area contributed by atoms with Crippen molar-refractivity contribution in [3.8, 4) is 5.75 Å². The normalized spacial score (nSPS) is 19.1. The third-order valence-electron chi connectivity index (χ3n) is 3.86. The molecule has 21 heavy (non-hydrogen) atoms. The molecule has 1 aromatic rings. The van der Waals surface area contributed by atoms with Gasteiger partial charge in [-0.25, -0.2) is 0 Å². The number of nitro benzene ring substituents is 1. The van der Waals surface area contributed by atoms with Gasteiger partial charge in [0.1, 0.15) is 0 Å². The van der Waals surface area contributed by atoms with Crippen molar-refractivity contribution in [3.63, 3.8) is 0 Å². The van der Waals surface area contributed by atoms with Gasteiger partial charge in [0.15, 0.2) is 5.75 Å². The highest BCUT2D eigenvalue weighted by atomic mass is 16.6. The number of aliphatic hydroxyl groups excluding tert-OH is 1. The van der Waals surface area contributed by atoms with Crippen LogP contribution in [0.4, 0.5) is 11.4 Å². The molecule has 0 aromatic heterocycles. The Morgan fingerprint density at radius 2 is 2.24 bits per heavy atom.